The molecule has 0 aliphatic carbocycles. The zero-order valence-corrected chi connectivity index (χ0v) is 19.4. The van der Waals surface area contributed by atoms with Crippen LogP contribution in [0, 0.1) is 0 Å². The number of aromatic nitrogens is 1. The fraction of sp³-hybridized carbons (Fsp3) is 0.375. The quantitative estimate of drug-likeness (QED) is 0.523. The van der Waals surface area contributed by atoms with Crippen LogP contribution >= 0.6 is 11.3 Å². The number of esters is 1. The second-order valence-electron chi connectivity index (χ2n) is 8.57. The van der Waals surface area contributed by atoms with Gasteiger partial charge in [-0.2, -0.15) is 0 Å². The Balaban J connectivity index is 1.53. The van der Waals surface area contributed by atoms with Crippen molar-refractivity contribution < 1.29 is 23.8 Å². The summed E-state index contributed by atoms with van der Waals surface area (Å²) in [6, 6.07) is 12.7. The smallest absolute Gasteiger partial charge is 0.411 e. The SMILES string of the molecule is COC(=O)[C@H]1c2ccc(OCc3nc4ccccc4s3)cc2CCN1C(=O)OC(C)(C)C. The van der Waals surface area contributed by atoms with Crippen molar-refractivity contribution in [3.63, 3.8) is 0 Å². The highest BCUT2D eigenvalue weighted by Gasteiger charge is 2.39. The van der Waals surface area contributed by atoms with E-state index in [1.54, 1.807) is 38.2 Å². The summed E-state index contributed by atoms with van der Waals surface area (Å²) in [6.45, 7) is 6.10. The van der Waals surface area contributed by atoms with E-state index in [0.29, 0.717) is 25.3 Å². The van der Waals surface area contributed by atoms with Gasteiger partial charge in [-0.3, -0.25) is 4.90 Å². The van der Waals surface area contributed by atoms with Gasteiger partial charge in [0, 0.05) is 6.54 Å². The van der Waals surface area contributed by atoms with E-state index in [4.69, 9.17) is 14.2 Å². The minimum absolute atomic E-state index is 0.350. The van der Waals surface area contributed by atoms with Crippen molar-refractivity contribution in [2.45, 2.75) is 45.4 Å². The molecular weight excluding hydrogens is 428 g/mol. The molecule has 0 bridgehead atoms. The Morgan fingerprint density at radius 2 is 1.97 bits per heavy atom. The van der Waals surface area contributed by atoms with Gasteiger partial charge in [-0.25, -0.2) is 14.6 Å². The van der Waals surface area contributed by atoms with Crippen molar-refractivity contribution in [1.82, 2.24) is 9.88 Å². The highest BCUT2D eigenvalue weighted by atomic mass is 32.1. The zero-order valence-electron chi connectivity index (χ0n) is 18.6. The van der Waals surface area contributed by atoms with Crippen LogP contribution in [0.4, 0.5) is 4.79 Å². The van der Waals surface area contributed by atoms with Gasteiger partial charge in [-0.05, 0) is 62.6 Å². The molecule has 4 rings (SSSR count). The second-order valence-corrected chi connectivity index (χ2v) is 9.69. The highest BCUT2D eigenvalue weighted by molar-refractivity contribution is 7.18. The van der Waals surface area contributed by atoms with Gasteiger partial charge in [0.2, 0.25) is 0 Å². The molecule has 0 N–H and O–H groups in total. The lowest BCUT2D eigenvalue weighted by Crippen LogP contribution is -2.46. The fourth-order valence-corrected chi connectivity index (χ4v) is 4.58. The van der Waals surface area contributed by atoms with Crippen molar-refractivity contribution in [2.24, 2.45) is 0 Å². The van der Waals surface area contributed by atoms with Crippen LogP contribution < -0.4 is 4.74 Å². The van der Waals surface area contributed by atoms with Crippen LogP contribution in [0.25, 0.3) is 10.2 Å². The predicted octanol–water partition coefficient (Wildman–Crippen LogP) is 4.88. The minimum atomic E-state index is -0.850. The number of carbonyl (C=O) groups excluding carboxylic acids is 2. The van der Waals surface area contributed by atoms with Crippen LogP contribution in [0.1, 0.15) is 42.9 Å². The molecule has 7 nitrogen and oxygen atoms in total. The first kappa shape index (κ1) is 22.1. The zero-order chi connectivity index (χ0) is 22.9. The fourth-order valence-electron chi connectivity index (χ4n) is 3.70. The van der Waals surface area contributed by atoms with E-state index >= 15 is 0 Å². The number of thiazole rings is 1. The molecule has 1 aromatic heterocycles. The molecule has 8 heteroatoms. The minimum Gasteiger partial charge on any atom is -0.486 e. The molecule has 1 aliphatic heterocycles. The summed E-state index contributed by atoms with van der Waals surface area (Å²) >= 11 is 1.61. The molecule has 0 saturated carbocycles. The van der Waals surface area contributed by atoms with Crippen molar-refractivity contribution in [3.8, 4) is 5.75 Å². The van der Waals surface area contributed by atoms with Gasteiger partial charge >= 0.3 is 12.1 Å². The lowest BCUT2D eigenvalue weighted by atomic mass is 9.92. The Labute approximate surface area is 190 Å². The molecule has 1 amide bonds. The van der Waals surface area contributed by atoms with Crippen LogP contribution in [0.2, 0.25) is 0 Å². The molecule has 32 heavy (non-hydrogen) atoms. The number of hydrogen-bond donors (Lipinski definition) is 0. The number of carbonyl (C=O) groups is 2. The van der Waals surface area contributed by atoms with Gasteiger partial charge in [0.05, 0.1) is 17.3 Å². The average molecular weight is 455 g/mol. The molecule has 2 heterocycles. The van der Waals surface area contributed by atoms with Crippen LogP contribution in [-0.4, -0.2) is 41.2 Å². The molecule has 0 spiro atoms. The highest BCUT2D eigenvalue weighted by Crippen LogP contribution is 2.34. The molecule has 0 fully saturated rings. The third-order valence-electron chi connectivity index (χ3n) is 5.10. The monoisotopic (exact) mass is 454 g/mol. The Morgan fingerprint density at radius 3 is 2.69 bits per heavy atom. The first-order valence-electron chi connectivity index (χ1n) is 10.4. The third-order valence-corrected chi connectivity index (χ3v) is 6.11. The van der Waals surface area contributed by atoms with E-state index in [0.717, 1.165) is 26.4 Å². The van der Waals surface area contributed by atoms with Crippen LogP contribution in [0.5, 0.6) is 5.75 Å². The first-order chi connectivity index (χ1) is 15.2. The topological polar surface area (TPSA) is 78.0 Å². The maximum absolute atomic E-state index is 12.7. The molecule has 0 unspecified atom stereocenters. The molecule has 0 radical (unpaired) electrons. The number of amides is 1. The van der Waals surface area contributed by atoms with Crippen molar-refractivity contribution >= 4 is 33.6 Å². The largest absolute Gasteiger partial charge is 0.486 e. The lowest BCUT2D eigenvalue weighted by molar-refractivity contribution is -0.147. The average Bonchev–Trinajstić information content (AvgIpc) is 3.18. The number of ether oxygens (including phenoxy) is 3. The van der Waals surface area contributed by atoms with Gasteiger partial charge in [-0.1, -0.05) is 18.2 Å². The summed E-state index contributed by atoms with van der Waals surface area (Å²) in [5.41, 5.74) is 1.98. The summed E-state index contributed by atoms with van der Waals surface area (Å²) in [6.07, 6.45) is 0.0511. The van der Waals surface area contributed by atoms with Gasteiger partial charge in [0.1, 0.15) is 23.0 Å². The molecule has 1 aliphatic rings. The lowest BCUT2D eigenvalue weighted by Gasteiger charge is -2.36. The molecule has 3 aromatic rings. The van der Waals surface area contributed by atoms with Crippen LogP contribution in [0.15, 0.2) is 42.5 Å². The van der Waals surface area contributed by atoms with E-state index in [2.05, 4.69) is 4.98 Å². The number of para-hydroxylation sites is 1. The van der Waals surface area contributed by atoms with Gasteiger partial charge in [-0.15, -0.1) is 11.3 Å². The van der Waals surface area contributed by atoms with Crippen molar-refractivity contribution in [3.05, 3.63) is 58.6 Å². The molecule has 2 aromatic carbocycles. The number of hydrogen-bond acceptors (Lipinski definition) is 7. The number of rotatable bonds is 4. The third kappa shape index (κ3) is 4.70. The first-order valence-corrected chi connectivity index (χ1v) is 11.2. The number of methoxy groups -OCH3 is 1. The predicted molar refractivity (Wildman–Crippen MR) is 122 cm³/mol. The Bertz CT molecular complexity index is 1120. The number of benzene rings is 2. The molecular formula is C24H26N2O5S. The van der Waals surface area contributed by atoms with Crippen LogP contribution in [0.3, 0.4) is 0 Å². The Kier molecular flexibility index (Phi) is 6.06. The summed E-state index contributed by atoms with van der Waals surface area (Å²) in [5.74, 6) is 0.192. The molecule has 1 atom stereocenters. The van der Waals surface area contributed by atoms with E-state index in [-0.39, 0.29) is 0 Å². The van der Waals surface area contributed by atoms with Gasteiger partial charge < -0.3 is 14.2 Å². The van der Waals surface area contributed by atoms with Gasteiger partial charge in [0.15, 0.2) is 6.04 Å². The normalized spacial score (nSPS) is 15.9. The number of fused-ring (bicyclic) bond motifs is 2. The summed E-state index contributed by atoms with van der Waals surface area (Å²) in [5, 5.41) is 0.896. The number of nitrogens with zero attached hydrogens (tertiary/aromatic N) is 2. The summed E-state index contributed by atoms with van der Waals surface area (Å²) in [4.78, 5) is 31.3. The van der Waals surface area contributed by atoms with E-state index in [1.807, 2.05) is 36.4 Å². The maximum Gasteiger partial charge on any atom is 0.411 e. The van der Waals surface area contributed by atoms with E-state index < -0.39 is 23.7 Å². The summed E-state index contributed by atoms with van der Waals surface area (Å²) in [7, 11) is 1.32. The maximum atomic E-state index is 12.7. The standard InChI is InChI=1S/C24H26N2O5S/c1-24(2,3)31-23(28)26-12-11-15-13-16(9-10-17(15)21(26)22(27)29-4)30-14-20-25-18-7-5-6-8-19(18)32-20/h5-10,13,21H,11-12,14H2,1-4H3/t21-/m1/s1. The van der Waals surface area contributed by atoms with Gasteiger partial charge in [0.25, 0.3) is 0 Å². The van der Waals surface area contributed by atoms with Crippen LogP contribution in [-0.2, 0) is 27.3 Å². The second kappa shape index (κ2) is 8.78. The summed E-state index contributed by atoms with van der Waals surface area (Å²) < 4.78 is 17.6. The molecule has 0 saturated heterocycles. The van der Waals surface area contributed by atoms with Crippen molar-refractivity contribution in [1.29, 1.82) is 0 Å². The van der Waals surface area contributed by atoms with E-state index in [9.17, 15) is 9.59 Å². The van der Waals surface area contributed by atoms with Crippen molar-refractivity contribution in [2.75, 3.05) is 13.7 Å². The molecule has 168 valence electrons. The Morgan fingerprint density at radius 1 is 1.19 bits per heavy atom. The Hall–Kier alpha value is -3.13. The van der Waals surface area contributed by atoms with E-state index in [1.165, 1.54) is 12.0 Å².